The molecule has 0 saturated heterocycles. The van der Waals surface area contributed by atoms with E-state index in [2.05, 4.69) is 15.9 Å². The summed E-state index contributed by atoms with van der Waals surface area (Å²) in [7, 11) is 0. The minimum atomic E-state index is -0.671. The predicted octanol–water partition coefficient (Wildman–Crippen LogP) is 4.15. The summed E-state index contributed by atoms with van der Waals surface area (Å²) in [4.78, 5) is 0.0966. The smallest absolute Gasteiger partial charge is 0.166 e. The Balaban J connectivity index is 2.46. The normalized spacial score (nSPS) is 10.3. The second kappa shape index (κ2) is 5.63. The Morgan fingerprint density at radius 2 is 1.89 bits per heavy atom. The first-order valence-electron chi connectivity index (χ1n) is 5.20. The molecule has 0 spiro atoms. The van der Waals surface area contributed by atoms with Crippen LogP contribution < -0.4 is 10.5 Å². The monoisotopic (exact) mass is 343 g/mol. The van der Waals surface area contributed by atoms with Crippen LogP contribution in [-0.2, 0) is 0 Å². The van der Waals surface area contributed by atoms with Gasteiger partial charge in [0.15, 0.2) is 11.6 Å². The number of hydrogen-bond acceptors (Lipinski definition) is 2. The maximum atomic E-state index is 13.5. The molecule has 0 aliphatic carbocycles. The Hall–Kier alpha value is -1.53. The molecule has 2 N–H and O–H groups in total. The second-order valence-corrected chi connectivity index (χ2v) is 4.95. The van der Waals surface area contributed by atoms with Gasteiger partial charge in [-0.1, -0.05) is 18.3 Å². The summed E-state index contributed by atoms with van der Waals surface area (Å²) in [6.45, 7) is 0. The Kier molecular flexibility index (Phi) is 4.11. The van der Waals surface area contributed by atoms with Gasteiger partial charge in [0.1, 0.15) is 16.6 Å². The first-order chi connectivity index (χ1) is 8.99. The average molecular weight is 344 g/mol. The van der Waals surface area contributed by atoms with E-state index in [1.807, 2.05) is 0 Å². The van der Waals surface area contributed by atoms with Gasteiger partial charge in [-0.25, -0.2) is 8.78 Å². The Bertz CT molecular complexity index is 649. The van der Waals surface area contributed by atoms with Crippen LogP contribution in [0, 0.1) is 11.6 Å². The molecule has 0 atom stereocenters. The van der Waals surface area contributed by atoms with Crippen molar-refractivity contribution in [3.63, 3.8) is 0 Å². The first kappa shape index (κ1) is 13.9. The molecule has 6 heteroatoms. The number of halogens is 3. The molecule has 0 bridgehead atoms. The van der Waals surface area contributed by atoms with Crippen LogP contribution in [0.25, 0.3) is 0 Å². The van der Waals surface area contributed by atoms with Crippen LogP contribution >= 0.6 is 28.1 Å². The number of nitrogens with two attached hydrogens (primary N) is 1. The summed E-state index contributed by atoms with van der Waals surface area (Å²) < 4.78 is 32.6. The van der Waals surface area contributed by atoms with Gasteiger partial charge >= 0.3 is 0 Å². The van der Waals surface area contributed by atoms with E-state index < -0.39 is 11.6 Å². The van der Waals surface area contributed by atoms with Gasteiger partial charge in [0.2, 0.25) is 0 Å². The minimum Gasteiger partial charge on any atom is -0.453 e. The molecule has 2 aromatic carbocycles. The zero-order valence-corrected chi connectivity index (χ0v) is 11.9. The third-order valence-electron chi connectivity index (χ3n) is 2.33. The zero-order valence-electron chi connectivity index (χ0n) is 9.49. The van der Waals surface area contributed by atoms with Crippen LogP contribution in [-0.4, -0.2) is 4.99 Å². The van der Waals surface area contributed by atoms with Crippen molar-refractivity contribution in [2.24, 2.45) is 5.73 Å². The lowest BCUT2D eigenvalue weighted by Gasteiger charge is -2.12. The van der Waals surface area contributed by atoms with Crippen molar-refractivity contribution in [1.29, 1.82) is 0 Å². The Labute approximate surface area is 122 Å². The van der Waals surface area contributed by atoms with E-state index in [1.54, 1.807) is 18.2 Å². The predicted molar refractivity (Wildman–Crippen MR) is 76.5 cm³/mol. The summed E-state index contributed by atoms with van der Waals surface area (Å²) in [6, 6.07) is 7.94. The van der Waals surface area contributed by atoms with E-state index in [1.165, 1.54) is 0 Å². The maximum Gasteiger partial charge on any atom is 0.166 e. The van der Waals surface area contributed by atoms with Crippen LogP contribution in [0.15, 0.2) is 40.9 Å². The fourth-order valence-electron chi connectivity index (χ4n) is 1.50. The summed E-state index contributed by atoms with van der Waals surface area (Å²) in [5, 5.41) is 0. The molecule has 2 aromatic rings. The lowest BCUT2D eigenvalue weighted by atomic mass is 10.2. The lowest BCUT2D eigenvalue weighted by Crippen LogP contribution is -2.11. The highest BCUT2D eigenvalue weighted by atomic mass is 79.9. The summed E-state index contributed by atoms with van der Waals surface area (Å²) in [5.41, 5.74) is 6.02. The van der Waals surface area contributed by atoms with Gasteiger partial charge in [-0.15, -0.1) is 0 Å². The molecule has 0 aromatic heterocycles. The highest BCUT2D eigenvalue weighted by Gasteiger charge is 2.13. The van der Waals surface area contributed by atoms with Gasteiger partial charge in [-0.3, -0.25) is 0 Å². The molecule has 0 heterocycles. The van der Waals surface area contributed by atoms with E-state index >= 15 is 0 Å². The van der Waals surface area contributed by atoms with E-state index in [4.69, 9.17) is 22.7 Å². The number of hydrogen-bond donors (Lipinski definition) is 1. The molecule has 0 unspecified atom stereocenters. The molecule has 0 saturated carbocycles. The Morgan fingerprint density at radius 3 is 2.58 bits per heavy atom. The van der Waals surface area contributed by atoms with Crippen LogP contribution in [0.3, 0.4) is 0 Å². The van der Waals surface area contributed by atoms with Gasteiger partial charge < -0.3 is 10.5 Å². The van der Waals surface area contributed by atoms with Gasteiger partial charge in [-0.05, 0) is 40.2 Å². The molecule has 2 rings (SSSR count). The van der Waals surface area contributed by atoms with E-state index in [9.17, 15) is 8.78 Å². The van der Waals surface area contributed by atoms with Crippen molar-refractivity contribution in [1.82, 2.24) is 0 Å². The highest BCUT2D eigenvalue weighted by Crippen LogP contribution is 2.32. The summed E-state index contributed by atoms with van der Waals surface area (Å²) in [6.07, 6.45) is 0. The van der Waals surface area contributed by atoms with E-state index in [-0.39, 0.29) is 16.5 Å². The molecule has 98 valence electrons. The van der Waals surface area contributed by atoms with Gasteiger partial charge in [-0.2, -0.15) is 0 Å². The lowest BCUT2D eigenvalue weighted by molar-refractivity contribution is 0.435. The minimum absolute atomic E-state index is 0.0966. The van der Waals surface area contributed by atoms with Crippen LogP contribution in [0.1, 0.15) is 5.56 Å². The van der Waals surface area contributed by atoms with E-state index in [0.717, 1.165) is 18.2 Å². The van der Waals surface area contributed by atoms with Crippen molar-refractivity contribution < 1.29 is 13.5 Å². The first-order valence-corrected chi connectivity index (χ1v) is 6.40. The third kappa shape index (κ3) is 3.08. The molecule has 0 aliphatic rings. The topological polar surface area (TPSA) is 35.2 Å². The van der Waals surface area contributed by atoms with Crippen molar-refractivity contribution in [2.75, 3.05) is 0 Å². The number of benzene rings is 2. The van der Waals surface area contributed by atoms with Crippen molar-refractivity contribution >= 4 is 33.1 Å². The number of ether oxygens (including phenoxy) is 1. The van der Waals surface area contributed by atoms with Crippen LogP contribution in [0.5, 0.6) is 11.5 Å². The standard InChI is InChI=1S/C13H8BrF2NOS/c14-8-2-1-3-10(12(8)13(17)19)18-11-6-7(15)4-5-9(11)16/h1-6H,(H2,17,19). The molecule has 0 fully saturated rings. The zero-order chi connectivity index (χ0) is 14.0. The molecule has 0 aliphatic heterocycles. The Morgan fingerprint density at radius 1 is 1.16 bits per heavy atom. The van der Waals surface area contributed by atoms with Crippen LogP contribution in [0.4, 0.5) is 8.78 Å². The van der Waals surface area contributed by atoms with Crippen molar-refractivity contribution in [3.05, 3.63) is 58.1 Å². The van der Waals surface area contributed by atoms with Gasteiger partial charge in [0.25, 0.3) is 0 Å². The van der Waals surface area contributed by atoms with E-state index in [0.29, 0.717) is 10.0 Å². The fraction of sp³-hybridized carbons (Fsp3) is 0. The molecule has 0 amide bonds. The largest absolute Gasteiger partial charge is 0.453 e. The summed E-state index contributed by atoms with van der Waals surface area (Å²) >= 11 is 8.19. The fourth-order valence-corrected chi connectivity index (χ4v) is 2.41. The number of thiocarbonyl (C=S) groups is 1. The second-order valence-electron chi connectivity index (χ2n) is 3.65. The molecule has 19 heavy (non-hydrogen) atoms. The van der Waals surface area contributed by atoms with Gasteiger partial charge in [0, 0.05) is 10.5 Å². The highest BCUT2D eigenvalue weighted by molar-refractivity contribution is 9.10. The SMILES string of the molecule is NC(=S)c1c(Br)cccc1Oc1cc(F)ccc1F. The molecule has 0 radical (unpaired) electrons. The van der Waals surface area contributed by atoms with Crippen LogP contribution in [0.2, 0.25) is 0 Å². The third-order valence-corrected chi connectivity index (χ3v) is 3.20. The quantitative estimate of drug-likeness (QED) is 0.850. The molecule has 2 nitrogen and oxygen atoms in total. The van der Waals surface area contributed by atoms with Crippen molar-refractivity contribution in [3.8, 4) is 11.5 Å². The average Bonchev–Trinajstić information content (AvgIpc) is 2.33. The molecular weight excluding hydrogens is 336 g/mol. The summed E-state index contributed by atoms with van der Waals surface area (Å²) in [5.74, 6) is -1.24. The van der Waals surface area contributed by atoms with Gasteiger partial charge in [0.05, 0.1) is 5.56 Å². The molecular formula is C13H8BrF2NOS. The number of rotatable bonds is 3. The maximum absolute atomic E-state index is 13.5. The van der Waals surface area contributed by atoms with Crippen molar-refractivity contribution in [2.45, 2.75) is 0 Å².